The standard InChI is InChI=1S/C25H42N4O3/c1-2-10-27-11-3-12-28(14-13-27)18-23(30)19-31-24-6-4-22(5-7-24)17-29-15-16-32-25(21-29)8-9-26-20-25/h4-7,23,26,30H,2-3,8-21H2,1H3. The summed E-state index contributed by atoms with van der Waals surface area (Å²) in [5, 5.41) is 13.9. The van der Waals surface area contributed by atoms with Gasteiger partial charge in [-0.05, 0) is 63.1 Å². The van der Waals surface area contributed by atoms with Crippen LogP contribution in [-0.4, -0.2) is 110 Å². The Labute approximate surface area is 193 Å². The lowest BCUT2D eigenvalue weighted by Gasteiger charge is -2.40. The Hall–Kier alpha value is -1.22. The summed E-state index contributed by atoms with van der Waals surface area (Å²) >= 11 is 0. The molecule has 2 unspecified atom stereocenters. The van der Waals surface area contributed by atoms with Crippen LogP contribution in [0.5, 0.6) is 5.75 Å². The van der Waals surface area contributed by atoms with E-state index in [1.807, 2.05) is 12.1 Å². The van der Waals surface area contributed by atoms with Gasteiger partial charge in [-0.3, -0.25) is 9.80 Å². The van der Waals surface area contributed by atoms with Gasteiger partial charge >= 0.3 is 0 Å². The van der Waals surface area contributed by atoms with Crippen LogP contribution in [-0.2, 0) is 11.3 Å². The van der Waals surface area contributed by atoms with E-state index in [9.17, 15) is 5.11 Å². The zero-order chi connectivity index (χ0) is 22.2. The van der Waals surface area contributed by atoms with E-state index in [1.165, 1.54) is 31.5 Å². The summed E-state index contributed by atoms with van der Waals surface area (Å²) in [6, 6.07) is 8.36. The molecular formula is C25H42N4O3. The van der Waals surface area contributed by atoms with Gasteiger partial charge in [0.15, 0.2) is 0 Å². The van der Waals surface area contributed by atoms with Gasteiger partial charge in [-0.2, -0.15) is 0 Å². The molecule has 3 aliphatic heterocycles. The number of nitrogens with one attached hydrogen (secondary N) is 1. The molecule has 0 radical (unpaired) electrons. The summed E-state index contributed by atoms with van der Waals surface area (Å²) in [6.07, 6.45) is 3.03. The van der Waals surface area contributed by atoms with Gasteiger partial charge in [0.2, 0.25) is 0 Å². The van der Waals surface area contributed by atoms with Crippen LogP contribution >= 0.6 is 0 Å². The van der Waals surface area contributed by atoms with Crippen molar-refractivity contribution in [3.63, 3.8) is 0 Å². The molecule has 0 amide bonds. The van der Waals surface area contributed by atoms with Crippen LogP contribution in [0.1, 0.15) is 31.7 Å². The van der Waals surface area contributed by atoms with Gasteiger partial charge in [-0.25, -0.2) is 0 Å². The van der Waals surface area contributed by atoms with Crippen molar-refractivity contribution >= 4 is 0 Å². The number of nitrogens with zero attached hydrogens (tertiary/aromatic N) is 3. The maximum atomic E-state index is 10.5. The molecule has 3 aliphatic rings. The average Bonchev–Trinajstić information content (AvgIpc) is 3.12. The Morgan fingerprint density at radius 2 is 1.91 bits per heavy atom. The second kappa shape index (κ2) is 11.8. The topological polar surface area (TPSA) is 60.4 Å². The fraction of sp³-hybridized carbons (Fsp3) is 0.760. The highest BCUT2D eigenvalue weighted by Gasteiger charge is 2.39. The van der Waals surface area contributed by atoms with Crippen LogP contribution in [0.3, 0.4) is 0 Å². The van der Waals surface area contributed by atoms with Crippen molar-refractivity contribution in [2.75, 3.05) is 78.7 Å². The number of aliphatic hydroxyl groups excluding tert-OH is 1. The smallest absolute Gasteiger partial charge is 0.119 e. The van der Waals surface area contributed by atoms with E-state index in [0.717, 1.165) is 71.1 Å². The van der Waals surface area contributed by atoms with Crippen molar-refractivity contribution in [2.24, 2.45) is 0 Å². The van der Waals surface area contributed by atoms with Crippen LogP contribution in [0.15, 0.2) is 24.3 Å². The summed E-state index contributed by atoms with van der Waals surface area (Å²) in [5.74, 6) is 0.830. The first-order valence-electron chi connectivity index (χ1n) is 12.6. The molecule has 2 atom stereocenters. The number of ether oxygens (including phenoxy) is 2. The first-order chi connectivity index (χ1) is 15.6. The first kappa shape index (κ1) is 23.9. The molecule has 32 heavy (non-hydrogen) atoms. The maximum Gasteiger partial charge on any atom is 0.119 e. The number of β-amino-alcohol motifs (C(OH)–C–C–N with tert-alkyl or cyclic N) is 1. The SMILES string of the molecule is CCCN1CCCN(CC(O)COc2ccc(CN3CCOC4(CCNC4)C3)cc2)CC1. The van der Waals surface area contributed by atoms with Crippen molar-refractivity contribution in [3.8, 4) is 5.75 Å². The van der Waals surface area contributed by atoms with Crippen molar-refractivity contribution < 1.29 is 14.6 Å². The largest absolute Gasteiger partial charge is 0.491 e. The van der Waals surface area contributed by atoms with Crippen LogP contribution in [0.2, 0.25) is 0 Å². The van der Waals surface area contributed by atoms with Crippen LogP contribution in [0.4, 0.5) is 0 Å². The van der Waals surface area contributed by atoms with Gasteiger partial charge in [0.1, 0.15) is 18.5 Å². The lowest BCUT2D eigenvalue weighted by Crippen LogP contribution is -2.52. The molecule has 4 rings (SSSR count). The van der Waals surface area contributed by atoms with Crippen molar-refractivity contribution in [2.45, 2.75) is 44.4 Å². The molecule has 0 bridgehead atoms. The lowest BCUT2D eigenvalue weighted by molar-refractivity contribution is -0.0984. The van der Waals surface area contributed by atoms with E-state index in [1.54, 1.807) is 0 Å². The zero-order valence-corrected chi connectivity index (χ0v) is 19.8. The average molecular weight is 447 g/mol. The fourth-order valence-corrected chi connectivity index (χ4v) is 5.28. The van der Waals surface area contributed by atoms with Gasteiger partial charge in [-0.1, -0.05) is 19.1 Å². The van der Waals surface area contributed by atoms with E-state index in [0.29, 0.717) is 13.2 Å². The van der Waals surface area contributed by atoms with E-state index in [-0.39, 0.29) is 5.60 Å². The molecule has 7 heteroatoms. The Morgan fingerprint density at radius 3 is 2.69 bits per heavy atom. The molecular weight excluding hydrogens is 404 g/mol. The van der Waals surface area contributed by atoms with Gasteiger partial charge in [-0.15, -0.1) is 0 Å². The zero-order valence-electron chi connectivity index (χ0n) is 19.8. The minimum absolute atomic E-state index is 0.0130. The third-order valence-corrected chi connectivity index (χ3v) is 6.99. The van der Waals surface area contributed by atoms with Crippen molar-refractivity contribution in [3.05, 3.63) is 29.8 Å². The predicted octanol–water partition coefficient (Wildman–Crippen LogP) is 1.41. The van der Waals surface area contributed by atoms with Gasteiger partial charge in [0.05, 0.1) is 12.2 Å². The Morgan fingerprint density at radius 1 is 1.09 bits per heavy atom. The number of hydrogen-bond donors (Lipinski definition) is 2. The minimum atomic E-state index is -0.461. The van der Waals surface area contributed by atoms with Crippen molar-refractivity contribution in [1.82, 2.24) is 20.0 Å². The quantitative estimate of drug-likeness (QED) is 0.595. The molecule has 1 spiro atoms. The number of hydrogen-bond acceptors (Lipinski definition) is 7. The molecule has 0 aromatic heterocycles. The van der Waals surface area contributed by atoms with Crippen LogP contribution in [0, 0.1) is 0 Å². The summed E-state index contributed by atoms with van der Waals surface area (Å²) in [4.78, 5) is 7.41. The molecule has 1 aromatic rings. The van der Waals surface area contributed by atoms with E-state index in [2.05, 4.69) is 39.1 Å². The summed E-state index contributed by atoms with van der Waals surface area (Å²) in [5.41, 5.74) is 1.31. The minimum Gasteiger partial charge on any atom is -0.491 e. The van der Waals surface area contributed by atoms with E-state index in [4.69, 9.17) is 9.47 Å². The molecule has 0 aliphatic carbocycles. The highest BCUT2D eigenvalue weighted by molar-refractivity contribution is 5.27. The molecule has 2 N–H and O–H groups in total. The first-order valence-corrected chi connectivity index (χ1v) is 12.6. The molecule has 180 valence electrons. The second-order valence-electron chi connectivity index (χ2n) is 9.77. The Kier molecular flexibility index (Phi) is 8.80. The van der Waals surface area contributed by atoms with Gasteiger partial charge in [0.25, 0.3) is 0 Å². The molecule has 0 saturated carbocycles. The van der Waals surface area contributed by atoms with E-state index >= 15 is 0 Å². The summed E-state index contributed by atoms with van der Waals surface area (Å²) in [6.45, 7) is 14.6. The molecule has 3 saturated heterocycles. The maximum absolute atomic E-state index is 10.5. The monoisotopic (exact) mass is 446 g/mol. The molecule has 3 heterocycles. The summed E-state index contributed by atoms with van der Waals surface area (Å²) < 4.78 is 12.0. The number of morpholine rings is 1. The van der Waals surface area contributed by atoms with Gasteiger partial charge < -0.3 is 24.8 Å². The highest BCUT2D eigenvalue weighted by atomic mass is 16.5. The van der Waals surface area contributed by atoms with Crippen LogP contribution in [0.25, 0.3) is 0 Å². The Bertz CT molecular complexity index is 680. The highest BCUT2D eigenvalue weighted by Crippen LogP contribution is 2.26. The molecule has 1 aromatic carbocycles. The molecule has 7 nitrogen and oxygen atoms in total. The normalized spacial score (nSPS) is 26.9. The van der Waals surface area contributed by atoms with Crippen LogP contribution < -0.4 is 10.1 Å². The number of aliphatic hydroxyl groups is 1. The van der Waals surface area contributed by atoms with Crippen molar-refractivity contribution in [1.29, 1.82) is 0 Å². The number of rotatable bonds is 9. The second-order valence-corrected chi connectivity index (χ2v) is 9.77. The fourth-order valence-electron chi connectivity index (χ4n) is 5.28. The van der Waals surface area contributed by atoms with E-state index < -0.39 is 6.10 Å². The Balaban J connectivity index is 1.18. The third-order valence-electron chi connectivity index (χ3n) is 6.99. The number of benzene rings is 1. The molecule has 3 fully saturated rings. The lowest BCUT2D eigenvalue weighted by atomic mass is 10.0. The predicted molar refractivity (Wildman–Crippen MR) is 127 cm³/mol. The van der Waals surface area contributed by atoms with Gasteiger partial charge in [0, 0.05) is 45.8 Å². The third kappa shape index (κ3) is 6.89. The summed E-state index contributed by atoms with van der Waals surface area (Å²) in [7, 11) is 0.